The minimum atomic E-state index is -0.284. The number of hydrogen-bond acceptors (Lipinski definition) is 2. The van der Waals surface area contributed by atoms with E-state index < -0.39 is 0 Å². The number of hydrogen-bond donors (Lipinski definition) is 0. The Bertz CT molecular complexity index is 505. The second kappa shape index (κ2) is 6.81. The summed E-state index contributed by atoms with van der Waals surface area (Å²) in [6, 6.07) is 4.51. The first-order valence-electron chi connectivity index (χ1n) is 6.39. The first-order valence-corrected chi connectivity index (χ1v) is 6.39. The van der Waals surface area contributed by atoms with E-state index in [0.29, 0.717) is 31.2 Å². The second-order valence-electron chi connectivity index (χ2n) is 4.58. The van der Waals surface area contributed by atoms with Gasteiger partial charge in [0.05, 0.1) is 6.61 Å². The van der Waals surface area contributed by atoms with Crippen LogP contribution in [0.15, 0.2) is 29.4 Å². The number of halogens is 1. The second-order valence-corrected chi connectivity index (χ2v) is 4.58. The predicted molar refractivity (Wildman–Crippen MR) is 72.3 cm³/mol. The molecule has 1 aromatic rings. The zero-order chi connectivity index (χ0) is 13.5. The fourth-order valence-electron chi connectivity index (χ4n) is 1.66. The Balaban J connectivity index is 1.98. The number of benzene rings is 1. The lowest BCUT2D eigenvalue weighted by Gasteiger charge is -2.08. The number of azide groups is 1. The highest BCUT2D eigenvalue weighted by Crippen LogP contribution is 2.30. The maximum atomic E-state index is 13.2. The van der Waals surface area contributed by atoms with Crippen LogP contribution in [0.1, 0.15) is 24.8 Å². The van der Waals surface area contributed by atoms with Crippen molar-refractivity contribution < 1.29 is 9.13 Å². The molecular weight excluding hydrogens is 245 g/mol. The Morgan fingerprint density at radius 3 is 3.05 bits per heavy atom. The zero-order valence-electron chi connectivity index (χ0n) is 10.6. The summed E-state index contributed by atoms with van der Waals surface area (Å²) in [5.41, 5.74) is 8.88. The van der Waals surface area contributed by atoms with Crippen LogP contribution in [0.4, 0.5) is 4.39 Å². The molecule has 19 heavy (non-hydrogen) atoms. The van der Waals surface area contributed by atoms with Crippen LogP contribution in [0.25, 0.3) is 16.5 Å². The third-order valence-electron chi connectivity index (χ3n) is 2.90. The topological polar surface area (TPSA) is 58.0 Å². The number of ether oxygens (including phenoxy) is 1. The molecule has 1 fully saturated rings. The molecule has 0 spiro atoms. The highest BCUT2D eigenvalue weighted by Gasteiger charge is 2.22. The van der Waals surface area contributed by atoms with E-state index in [4.69, 9.17) is 10.3 Å². The summed E-state index contributed by atoms with van der Waals surface area (Å²) in [7, 11) is 0. The minimum Gasteiger partial charge on any atom is -0.493 e. The minimum absolute atomic E-state index is 0.284. The van der Waals surface area contributed by atoms with Gasteiger partial charge >= 0.3 is 0 Å². The van der Waals surface area contributed by atoms with E-state index >= 15 is 0 Å². The predicted octanol–water partition coefficient (Wildman–Crippen LogP) is 4.33. The summed E-state index contributed by atoms with van der Waals surface area (Å²) in [5.74, 6) is 1.08. The van der Waals surface area contributed by atoms with Gasteiger partial charge < -0.3 is 4.74 Å². The highest BCUT2D eigenvalue weighted by molar-refractivity contribution is 5.57. The average molecular weight is 261 g/mol. The molecule has 100 valence electrons. The van der Waals surface area contributed by atoms with Crippen molar-refractivity contribution >= 4 is 6.08 Å². The summed E-state index contributed by atoms with van der Waals surface area (Å²) >= 11 is 0. The van der Waals surface area contributed by atoms with Gasteiger partial charge in [0.1, 0.15) is 11.6 Å². The molecule has 0 radical (unpaired) electrons. The van der Waals surface area contributed by atoms with Crippen LogP contribution >= 0.6 is 0 Å². The van der Waals surface area contributed by atoms with Crippen molar-refractivity contribution in [2.45, 2.75) is 19.3 Å². The van der Waals surface area contributed by atoms with E-state index in [2.05, 4.69) is 10.0 Å². The molecule has 2 rings (SSSR count). The molecular formula is C14H16FN3O. The SMILES string of the molecule is [N-]=[N+]=NCCC=Cc1cc(F)ccc1OCC1CC1. The van der Waals surface area contributed by atoms with Crippen molar-refractivity contribution in [1.82, 2.24) is 0 Å². The molecule has 1 aromatic carbocycles. The summed E-state index contributed by atoms with van der Waals surface area (Å²) in [6.45, 7) is 1.10. The lowest BCUT2D eigenvalue weighted by Crippen LogP contribution is -2.00. The summed E-state index contributed by atoms with van der Waals surface area (Å²) in [5, 5.41) is 3.43. The van der Waals surface area contributed by atoms with Gasteiger partial charge in [-0.15, -0.1) is 0 Å². The third kappa shape index (κ3) is 4.64. The van der Waals surface area contributed by atoms with Gasteiger partial charge in [-0.25, -0.2) is 4.39 Å². The normalized spacial score (nSPS) is 14.4. The standard InChI is InChI=1S/C14H16FN3O/c15-13-6-7-14(19-10-11-4-5-11)12(9-13)3-1-2-8-17-18-16/h1,3,6-7,9,11H,2,4-5,8,10H2. The monoisotopic (exact) mass is 261 g/mol. The Morgan fingerprint density at radius 2 is 2.32 bits per heavy atom. The van der Waals surface area contributed by atoms with Gasteiger partial charge in [-0.1, -0.05) is 17.3 Å². The Morgan fingerprint density at radius 1 is 1.47 bits per heavy atom. The van der Waals surface area contributed by atoms with Crippen LogP contribution in [0.2, 0.25) is 0 Å². The fraction of sp³-hybridized carbons (Fsp3) is 0.429. The maximum absolute atomic E-state index is 13.2. The van der Waals surface area contributed by atoms with Crippen molar-refractivity contribution in [2.24, 2.45) is 11.0 Å². The van der Waals surface area contributed by atoms with Crippen LogP contribution in [-0.2, 0) is 0 Å². The van der Waals surface area contributed by atoms with E-state index in [1.807, 2.05) is 6.08 Å². The van der Waals surface area contributed by atoms with Crippen molar-refractivity contribution in [1.29, 1.82) is 0 Å². The van der Waals surface area contributed by atoms with Gasteiger partial charge in [-0.3, -0.25) is 0 Å². The molecule has 0 heterocycles. The summed E-state index contributed by atoms with van der Waals surface area (Å²) < 4.78 is 18.9. The number of nitrogens with zero attached hydrogens (tertiary/aromatic N) is 3. The quantitative estimate of drug-likeness (QED) is 0.312. The Hall–Kier alpha value is -2.00. The molecule has 0 bridgehead atoms. The smallest absolute Gasteiger partial charge is 0.126 e. The van der Waals surface area contributed by atoms with E-state index in [0.717, 1.165) is 5.56 Å². The van der Waals surface area contributed by atoms with Crippen LogP contribution < -0.4 is 4.74 Å². The van der Waals surface area contributed by atoms with E-state index in [1.165, 1.54) is 25.0 Å². The first-order chi connectivity index (χ1) is 9.29. The molecule has 4 nitrogen and oxygen atoms in total. The van der Waals surface area contributed by atoms with Gasteiger partial charge in [0.2, 0.25) is 0 Å². The molecule has 0 atom stereocenters. The van der Waals surface area contributed by atoms with Crippen LogP contribution in [0.5, 0.6) is 5.75 Å². The van der Waals surface area contributed by atoms with E-state index in [9.17, 15) is 4.39 Å². The van der Waals surface area contributed by atoms with Crippen LogP contribution in [0.3, 0.4) is 0 Å². The van der Waals surface area contributed by atoms with Gasteiger partial charge in [0.25, 0.3) is 0 Å². The van der Waals surface area contributed by atoms with Crippen molar-refractivity contribution in [3.63, 3.8) is 0 Å². The first kappa shape index (κ1) is 13.4. The van der Waals surface area contributed by atoms with Gasteiger partial charge in [0, 0.05) is 17.0 Å². The van der Waals surface area contributed by atoms with Crippen LogP contribution in [-0.4, -0.2) is 13.2 Å². The molecule has 5 heteroatoms. The van der Waals surface area contributed by atoms with Crippen molar-refractivity contribution in [3.8, 4) is 5.75 Å². The molecule has 0 unspecified atom stereocenters. The van der Waals surface area contributed by atoms with E-state index in [-0.39, 0.29) is 5.82 Å². The van der Waals surface area contributed by atoms with Gasteiger partial charge in [-0.2, -0.15) is 0 Å². The number of rotatable bonds is 7. The Kier molecular flexibility index (Phi) is 4.81. The molecule has 0 saturated heterocycles. The van der Waals surface area contributed by atoms with Crippen molar-refractivity contribution in [2.75, 3.05) is 13.2 Å². The third-order valence-corrected chi connectivity index (χ3v) is 2.90. The zero-order valence-corrected chi connectivity index (χ0v) is 10.6. The van der Waals surface area contributed by atoms with Crippen molar-refractivity contribution in [3.05, 3.63) is 46.1 Å². The summed E-state index contributed by atoms with van der Waals surface area (Å²) in [6.07, 6.45) is 6.73. The molecule has 0 amide bonds. The lowest BCUT2D eigenvalue weighted by molar-refractivity contribution is 0.298. The largest absolute Gasteiger partial charge is 0.493 e. The Labute approximate surface area is 111 Å². The van der Waals surface area contributed by atoms with Gasteiger partial charge in [-0.05, 0) is 48.9 Å². The molecule has 0 aromatic heterocycles. The average Bonchev–Trinajstić information content (AvgIpc) is 3.21. The molecule has 1 saturated carbocycles. The summed E-state index contributed by atoms with van der Waals surface area (Å²) in [4.78, 5) is 2.67. The maximum Gasteiger partial charge on any atom is 0.126 e. The van der Waals surface area contributed by atoms with E-state index in [1.54, 1.807) is 12.1 Å². The molecule has 0 N–H and O–H groups in total. The molecule has 0 aliphatic heterocycles. The lowest BCUT2D eigenvalue weighted by atomic mass is 10.1. The molecule has 1 aliphatic rings. The fourth-order valence-corrected chi connectivity index (χ4v) is 1.66. The van der Waals surface area contributed by atoms with Crippen LogP contribution in [0, 0.1) is 11.7 Å². The molecule has 1 aliphatic carbocycles. The highest BCUT2D eigenvalue weighted by atomic mass is 19.1. The van der Waals surface area contributed by atoms with Gasteiger partial charge in [0.15, 0.2) is 0 Å².